The molecule has 1 saturated heterocycles. The van der Waals surface area contributed by atoms with E-state index in [2.05, 4.69) is 6.92 Å². The first-order valence-corrected chi connectivity index (χ1v) is 12.6. The number of ether oxygens (including phenoxy) is 1. The van der Waals surface area contributed by atoms with Crippen molar-refractivity contribution in [1.29, 1.82) is 0 Å². The quantitative estimate of drug-likeness (QED) is 0.406. The van der Waals surface area contributed by atoms with Gasteiger partial charge in [0.1, 0.15) is 11.6 Å². The number of hydrogen-bond acceptors (Lipinski definition) is 3. The van der Waals surface area contributed by atoms with Crippen LogP contribution < -0.4 is 14.1 Å². The Balaban J connectivity index is 2.41. The van der Waals surface area contributed by atoms with E-state index in [0.717, 1.165) is 12.8 Å². The Bertz CT molecular complexity index is 686. The van der Waals surface area contributed by atoms with Crippen molar-refractivity contribution in [3.63, 3.8) is 0 Å². The van der Waals surface area contributed by atoms with Crippen molar-refractivity contribution in [2.75, 3.05) is 24.6 Å². The van der Waals surface area contributed by atoms with E-state index in [1.807, 2.05) is 38.8 Å². The van der Waals surface area contributed by atoms with E-state index in [4.69, 9.17) is 9.16 Å². The van der Waals surface area contributed by atoms with Gasteiger partial charge in [0.25, 0.3) is 8.32 Å². The second-order valence-electron chi connectivity index (χ2n) is 9.21. The summed E-state index contributed by atoms with van der Waals surface area (Å²) in [4.78, 5) is 1.88. The van der Waals surface area contributed by atoms with Crippen LogP contribution >= 0.6 is 0 Å². The first-order valence-electron chi connectivity index (χ1n) is 9.67. The number of alkyl halides is 3. The van der Waals surface area contributed by atoms with Gasteiger partial charge in [0.05, 0.1) is 5.69 Å². The van der Waals surface area contributed by atoms with Crippen LogP contribution in [0.5, 0.6) is 11.5 Å². The lowest BCUT2D eigenvalue weighted by Crippen LogP contribution is -2.44. The molecule has 0 amide bonds. The Morgan fingerprint density at radius 1 is 1.14 bits per heavy atom. The molecule has 1 atom stereocenters. The predicted octanol–water partition coefficient (Wildman–Crippen LogP) is 6.39. The number of rotatable bonds is 5. The number of piperidine rings is 1. The van der Waals surface area contributed by atoms with E-state index in [9.17, 15) is 17.6 Å². The molecule has 1 fully saturated rings. The van der Waals surface area contributed by atoms with E-state index in [1.54, 1.807) is 0 Å². The minimum Gasteiger partial charge on any atom is -0.541 e. The molecule has 0 aromatic heterocycles. The van der Waals surface area contributed by atoms with Crippen LogP contribution in [0.15, 0.2) is 12.1 Å². The number of halogens is 4. The molecular weight excluding hydrogens is 390 g/mol. The van der Waals surface area contributed by atoms with Crippen LogP contribution in [0.4, 0.5) is 23.2 Å². The third-order valence-corrected chi connectivity index (χ3v) is 9.92. The normalized spacial score (nSPS) is 18.9. The Kier molecular flexibility index (Phi) is 6.63. The zero-order valence-electron chi connectivity index (χ0n) is 17.5. The zero-order chi connectivity index (χ0) is 21.3. The minimum absolute atomic E-state index is 0.0437. The molecule has 8 heteroatoms. The second kappa shape index (κ2) is 8.12. The van der Waals surface area contributed by atoms with Crippen LogP contribution in [0, 0.1) is 11.7 Å². The highest BCUT2D eigenvalue weighted by Crippen LogP contribution is 2.42. The van der Waals surface area contributed by atoms with Crippen LogP contribution in [-0.2, 0) is 0 Å². The predicted molar refractivity (Wildman–Crippen MR) is 106 cm³/mol. The van der Waals surface area contributed by atoms with Gasteiger partial charge in [0.15, 0.2) is 12.4 Å². The van der Waals surface area contributed by atoms with E-state index in [-0.39, 0.29) is 22.2 Å². The van der Waals surface area contributed by atoms with Gasteiger partial charge in [-0.15, -0.1) is 0 Å². The van der Waals surface area contributed by atoms with E-state index < -0.39 is 26.9 Å². The average Bonchev–Trinajstić information content (AvgIpc) is 2.51. The molecule has 1 aliphatic heterocycles. The van der Waals surface area contributed by atoms with E-state index >= 15 is 0 Å². The summed E-state index contributed by atoms with van der Waals surface area (Å²) in [5, 5.41) is -0.189. The summed E-state index contributed by atoms with van der Waals surface area (Å²) in [7, 11) is -2.38. The lowest BCUT2D eigenvalue weighted by molar-refractivity contribution is -0.153. The molecule has 1 aliphatic rings. The summed E-state index contributed by atoms with van der Waals surface area (Å²) in [6.07, 6.45) is -2.51. The van der Waals surface area contributed by atoms with Gasteiger partial charge in [0, 0.05) is 25.2 Å². The molecular formula is C20H31F4NO2Si. The maximum atomic E-state index is 14.9. The summed E-state index contributed by atoms with van der Waals surface area (Å²) < 4.78 is 64.3. The highest BCUT2D eigenvalue weighted by Gasteiger charge is 2.40. The summed E-state index contributed by atoms with van der Waals surface area (Å²) in [6, 6.07) is 2.54. The van der Waals surface area contributed by atoms with Gasteiger partial charge in [-0.25, -0.2) is 4.39 Å². The molecule has 0 bridgehead atoms. The highest BCUT2D eigenvalue weighted by molar-refractivity contribution is 6.74. The maximum absolute atomic E-state index is 14.9. The average molecular weight is 422 g/mol. The molecule has 2 rings (SSSR count). The molecule has 1 unspecified atom stereocenters. The summed E-state index contributed by atoms with van der Waals surface area (Å²) in [5.41, 5.74) is 0.270. The van der Waals surface area contributed by atoms with Gasteiger partial charge < -0.3 is 14.1 Å². The summed E-state index contributed by atoms with van der Waals surface area (Å²) in [6.45, 7) is 11.9. The molecule has 0 saturated carbocycles. The lowest BCUT2D eigenvalue weighted by atomic mass is 9.99. The molecule has 1 aromatic rings. The fourth-order valence-corrected chi connectivity index (χ4v) is 3.97. The topological polar surface area (TPSA) is 21.7 Å². The maximum Gasteiger partial charge on any atom is 0.422 e. The Hall–Kier alpha value is -1.44. The van der Waals surface area contributed by atoms with Crippen molar-refractivity contribution >= 4 is 14.0 Å². The lowest BCUT2D eigenvalue weighted by Gasteiger charge is -2.37. The van der Waals surface area contributed by atoms with Crippen molar-refractivity contribution in [2.45, 2.75) is 64.8 Å². The van der Waals surface area contributed by atoms with Gasteiger partial charge in [-0.3, -0.25) is 0 Å². The van der Waals surface area contributed by atoms with Crippen LogP contribution in [0.3, 0.4) is 0 Å². The Morgan fingerprint density at radius 2 is 1.79 bits per heavy atom. The molecule has 0 spiro atoms. The van der Waals surface area contributed by atoms with Crippen molar-refractivity contribution in [3.8, 4) is 11.5 Å². The van der Waals surface area contributed by atoms with Gasteiger partial charge in [0.2, 0.25) is 0 Å². The van der Waals surface area contributed by atoms with E-state index in [1.165, 1.54) is 12.1 Å². The smallest absolute Gasteiger partial charge is 0.422 e. The number of hydrogen-bond donors (Lipinski definition) is 0. The molecule has 0 N–H and O–H groups in total. The van der Waals surface area contributed by atoms with E-state index in [0.29, 0.717) is 19.0 Å². The Labute approximate surface area is 166 Å². The fraction of sp³-hybridized carbons (Fsp3) is 0.700. The van der Waals surface area contributed by atoms with Crippen molar-refractivity contribution in [3.05, 3.63) is 17.9 Å². The van der Waals surface area contributed by atoms with Crippen LogP contribution in [0.2, 0.25) is 18.1 Å². The van der Waals surface area contributed by atoms with Crippen molar-refractivity contribution in [1.82, 2.24) is 0 Å². The van der Waals surface area contributed by atoms with Gasteiger partial charge in [-0.2, -0.15) is 13.2 Å². The third-order valence-electron chi connectivity index (χ3n) is 5.57. The van der Waals surface area contributed by atoms with Crippen molar-refractivity contribution < 1.29 is 26.7 Å². The molecule has 160 valence electrons. The SMILES string of the molecule is CC1CCCN(c2cc(OCC(F)(F)F)c(O[Si](C)(C)C(C)(C)C)cc2F)C1. The molecule has 3 nitrogen and oxygen atoms in total. The first kappa shape index (κ1) is 22.8. The van der Waals surface area contributed by atoms with Gasteiger partial charge >= 0.3 is 6.18 Å². The largest absolute Gasteiger partial charge is 0.541 e. The Morgan fingerprint density at radius 3 is 2.32 bits per heavy atom. The monoisotopic (exact) mass is 421 g/mol. The van der Waals surface area contributed by atoms with Gasteiger partial charge in [-0.05, 0) is 36.9 Å². The molecule has 1 heterocycles. The van der Waals surface area contributed by atoms with Crippen LogP contribution in [0.1, 0.15) is 40.5 Å². The number of anilines is 1. The minimum atomic E-state index is -4.48. The van der Waals surface area contributed by atoms with Gasteiger partial charge in [-0.1, -0.05) is 27.7 Å². The number of benzene rings is 1. The highest BCUT2D eigenvalue weighted by atomic mass is 28.4. The fourth-order valence-electron chi connectivity index (χ4n) is 2.96. The summed E-state index contributed by atoms with van der Waals surface area (Å²) in [5.74, 6) is -0.114. The standard InChI is InChI=1S/C20H31F4NO2Si/c1-14-8-7-9-25(12-14)16-11-17(26-13-20(22,23)24)18(10-15(16)21)27-28(5,6)19(2,3)4/h10-11,14H,7-9,12-13H2,1-6H3. The zero-order valence-corrected chi connectivity index (χ0v) is 18.5. The molecule has 1 aromatic carbocycles. The van der Waals surface area contributed by atoms with Crippen molar-refractivity contribution in [2.24, 2.45) is 5.92 Å². The first-order chi connectivity index (χ1) is 12.7. The van der Waals surface area contributed by atoms with Crippen LogP contribution in [0.25, 0.3) is 0 Å². The summed E-state index contributed by atoms with van der Waals surface area (Å²) >= 11 is 0. The third kappa shape index (κ3) is 5.78. The molecule has 0 radical (unpaired) electrons. The molecule has 0 aliphatic carbocycles. The van der Waals surface area contributed by atoms with Crippen LogP contribution in [-0.4, -0.2) is 34.2 Å². The molecule has 28 heavy (non-hydrogen) atoms. The second-order valence-corrected chi connectivity index (χ2v) is 13.9. The number of nitrogens with zero attached hydrogens (tertiary/aromatic N) is 1.